The van der Waals surface area contributed by atoms with Gasteiger partial charge in [-0.2, -0.15) is 0 Å². The molecule has 7 heterocycles. The third-order valence-corrected chi connectivity index (χ3v) is 17.5. The van der Waals surface area contributed by atoms with Crippen molar-refractivity contribution in [2.75, 3.05) is 67.1 Å². The third-order valence-electron chi connectivity index (χ3n) is 17.5. The van der Waals surface area contributed by atoms with Crippen molar-refractivity contribution in [3.8, 4) is 0 Å². The Balaban J connectivity index is 0.0000120. The van der Waals surface area contributed by atoms with Gasteiger partial charge in [0.25, 0.3) is 0 Å². The number of hydrogen-bond donors (Lipinski definition) is 24. The number of ether oxygens (including phenoxy) is 16. The topological polar surface area (TPSA) is 633 Å². The SMILES string of the molecule is COC[C@H]1OC(O[C@@H]2[C@@H](O[C@@H]3C(OC[C@H]4O[C@H](OC)[C@H](O)[C@@H](O)[C@H]4O)O[C@H](CO[C@@H]4O[C@@H](CO[C@@H]5C[C@@H](CO)[C@H](O)[C@@H](O)[C@H]5O[C@@H]5O[C@@H](CO)[C@H](O)C(O[C@@H]6O[C@@H](CO)[C@H](O)[C@@H](O)[C@H]6O)[C@H]5O)[C@@H](O)C(O)[C@@H]4O)[C@@H](O)C3O)O[C@H](CO)[C@@H](O)[C@@H]2O)[C@@H](O)[C@H](O)[C@@H]1O.[Ho]. The summed E-state index contributed by atoms with van der Waals surface area (Å²) in [6.07, 6.45) is -74.5. The van der Waals surface area contributed by atoms with E-state index >= 15 is 0 Å². The average molecular weight is 1510 g/mol. The maximum atomic E-state index is 11.9. The van der Waals surface area contributed by atoms with Gasteiger partial charge < -0.3 is 198 Å². The fraction of sp³-hybridized carbons (Fsp3) is 1.00. The summed E-state index contributed by atoms with van der Waals surface area (Å²) >= 11 is 0. The van der Waals surface area contributed by atoms with E-state index in [1.165, 1.54) is 7.11 Å². The number of aliphatic hydroxyl groups excluding tert-OH is 24. The van der Waals surface area contributed by atoms with Crippen LogP contribution >= 0.6 is 0 Å². The summed E-state index contributed by atoms with van der Waals surface area (Å²) in [6, 6.07) is 0. The van der Waals surface area contributed by atoms with Gasteiger partial charge in [-0.1, -0.05) is 0 Å². The van der Waals surface area contributed by atoms with E-state index in [2.05, 4.69) is 0 Å². The zero-order valence-electron chi connectivity index (χ0n) is 49.0. The summed E-state index contributed by atoms with van der Waals surface area (Å²) in [6.45, 7) is -6.60. The van der Waals surface area contributed by atoms with Crippen LogP contribution in [-0.2, 0) is 75.8 Å². The van der Waals surface area contributed by atoms with E-state index in [1.54, 1.807) is 0 Å². The standard InChI is InChI=1S/C51H88O40.Ho/c1-76-8-17-24(59)32(67)39(74)48(86-17)90-44-34(69)23(58)15(6-54)83-51(44)91-43-35(70)27(62)20(87-50(43)80-11-19-26(61)30(65)36(71)45(77-2)84-19)10-79-46-37(72)31(66)25(60)18(85-46)9-78-13-3-12(4-52)21(56)33(68)41(13)88-49-40(75)42(28(63)16(7-55)82-49)89-47-38(73)29(64)22(57)14(5-53)81-47;/h12-75H,3-11H2,1-2H3;/t12-,13+,14-,15+,16-,17+,18-,19+,20+,21-,22-,23+,24+,25+,26-,27+,28-,29+,30-,31?,32+,33+,34-,35?,36+,37-,38+,39-,40+,41-,42?,43-,44-,45-,46+,47-,48?,49-,50?,51+;/m0./s1. The van der Waals surface area contributed by atoms with Gasteiger partial charge >= 0.3 is 0 Å². The van der Waals surface area contributed by atoms with Crippen molar-refractivity contribution in [1.82, 2.24) is 0 Å². The molecule has 24 N–H and O–H groups in total. The largest absolute Gasteiger partial charge is 0.396 e. The molecule has 92 heavy (non-hydrogen) atoms. The molecule has 40 nitrogen and oxygen atoms in total. The van der Waals surface area contributed by atoms with Crippen molar-refractivity contribution in [3.63, 3.8) is 0 Å². The van der Waals surface area contributed by atoms with Crippen LogP contribution in [0.5, 0.6) is 0 Å². The zero-order valence-corrected chi connectivity index (χ0v) is 51.0. The molecular weight excluding hydrogens is 1420 g/mol. The summed E-state index contributed by atoms with van der Waals surface area (Å²) in [5, 5.41) is 260. The monoisotopic (exact) mass is 1510 g/mol. The fourth-order valence-corrected chi connectivity index (χ4v) is 11.9. The smallest absolute Gasteiger partial charge is 0.187 e. The Morgan fingerprint density at radius 1 is 0.272 bits per heavy atom. The number of aliphatic hydroxyl groups is 24. The van der Waals surface area contributed by atoms with E-state index in [0.717, 1.165) is 7.11 Å². The number of hydrogen-bond acceptors (Lipinski definition) is 40. The van der Waals surface area contributed by atoms with E-state index in [9.17, 15) is 123 Å². The summed E-state index contributed by atoms with van der Waals surface area (Å²) < 4.78 is 91.0. The first-order chi connectivity index (χ1) is 43.2. The molecule has 543 valence electrons. The third kappa shape index (κ3) is 17.0. The molecule has 1 saturated carbocycles. The minimum Gasteiger partial charge on any atom is -0.396 e. The molecule has 7 saturated heterocycles. The van der Waals surface area contributed by atoms with Crippen molar-refractivity contribution in [2.45, 2.75) is 246 Å². The Labute approximate surface area is 552 Å². The molecule has 0 amide bonds. The second-order valence-electron chi connectivity index (χ2n) is 23.5. The van der Waals surface area contributed by atoms with Crippen LogP contribution in [0.2, 0.25) is 0 Å². The zero-order chi connectivity index (χ0) is 66.8. The Morgan fingerprint density at radius 3 is 1.10 bits per heavy atom. The quantitative estimate of drug-likeness (QED) is 0.0399. The Hall–Kier alpha value is -0.340. The molecule has 7 aliphatic heterocycles. The van der Waals surface area contributed by atoms with Crippen LogP contribution in [-0.4, -0.2) is 429 Å². The van der Waals surface area contributed by atoms with E-state index in [1.807, 2.05) is 0 Å². The molecule has 0 spiro atoms. The minimum atomic E-state index is -2.25. The predicted octanol–water partition coefficient (Wildman–Crippen LogP) is -16.5. The second-order valence-corrected chi connectivity index (χ2v) is 23.5. The molecule has 1 radical (unpaired) electrons. The van der Waals surface area contributed by atoms with E-state index in [4.69, 9.17) is 75.8 Å². The normalized spacial score (nSPS) is 52.1. The number of rotatable bonds is 24. The molecule has 0 aromatic rings. The van der Waals surface area contributed by atoms with Gasteiger partial charge in [0.05, 0.1) is 58.5 Å². The Morgan fingerprint density at radius 2 is 0.598 bits per heavy atom. The average Bonchev–Trinajstić information content (AvgIpc) is 0.794. The minimum absolute atomic E-state index is 0. The van der Waals surface area contributed by atoms with Gasteiger partial charge in [-0.3, -0.25) is 0 Å². The molecular formula is C51H88HoO40. The van der Waals surface area contributed by atoms with Crippen LogP contribution < -0.4 is 0 Å². The molecule has 0 bridgehead atoms. The second kappa shape index (κ2) is 34.8. The van der Waals surface area contributed by atoms with Crippen LogP contribution in [0.4, 0.5) is 0 Å². The van der Waals surface area contributed by atoms with Gasteiger partial charge in [-0.05, 0) is 6.42 Å². The Kier molecular flexibility index (Phi) is 29.9. The van der Waals surface area contributed by atoms with Crippen molar-refractivity contribution < 1.29 is 236 Å². The number of methoxy groups -OCH3 is 2. The summed E-state index contributed by atoms with van der Waals surface area (Å²) in [5.74, 6) is -1.16. The molecule has 8 rings (SSSR count). The van der Waals surface area contributed by atoms with E-state index in [0.29, 0.717) is 0 Å². The van der Waals surface area contributed by atoms with Crippen molar-refractivity contribution >= 4 is 0 Å². The molecule has 41 heteroatoms. The van der Waals surface area contributed by atoms with E-state index < -0.39 is 292 Å². The first kappa shape index (κ1) is 79.0. The first-order valence-corrected chi connectivity index (χ1v) is 29.3. The Bertz CT molecular complexity index is 2180. The van der Waals surface area contributed by atoms with Gasteiger partial charge in [0.1, 0.15) is 183 Å². The van der Waals surface area contributed by atoms with Crippen molar-refractivity contribution in [3.05, 3.63) is 0 Å². The van der Waals surface area contributed by atoms with Gasteiger partial charge in [0.2, 0.25) is 0 Å². The summed E-state index contributed by atoms with van der Waals surface area (Å²) in [4.78, 5) is 0. The van der Waals surface area contributed by atoms with Crippen LogP contribution in [0.1, 0.15) is 6.42 Å². The van der Waals surface area contributed by atoms with Gasteiger partial charge in [-0.15, -0.1) is 0 Å². The van der Waals surface area contributed by atoms with Gasteiger partial charge in [0, 0.05) is 64.5 Å². The maximum absolute atomic E-state index is 11.9. The van der Waals surface area contributed by atoms with Gasteiger partial charge in [0.15, 0.2) is 44.0 Å². The summed E-state index contributed by atoms with van der Waals surface area (Å²) in [7, 11) is 2.33. The predicted molar refractivity (Wildman–Crippen MR) is 277 cm³/mol. The van der Waals surface area contributed by atoms with Gasteiger partial charge in [-0.25, -0.2) is 0 Å². The van der Waals surface area contributed by atoms with Crippen LogP contribution in [0.25, 0.3) is 0 Å². The summed E-state index contributed by atoms with van der Waals surface area (Å²) in [5.41, 5.74) is 0. The van der Waals surface area contributed by atoms with Crippen LogP contribution in [0.3, 0.4) is 0 Å². The molecule has 0 aromatic carbocycles. The molecule has 5 unspecified atom stereocenters. The molecule has 8 aliphatic rings. The van der Waals surface area contributed by atoms with Crippen LogP contribution in [0, 0.1) is 43.7 Å². The molecule has 1 aliphatic carbocycles. The van der Waals surface area contributed by atoms with E-state index in [-0.39, 0.29) is 50.8 Å². The molecule has 8 fully saturated rings. The maximum Gasteiger partial charge on any atom is 0.187 e. The first-order valence-electron chi connectivity index (χ1n) is 29.3. The van der Waals surface area contributed by atoms with Crippen molar-refractivity contribution in [1.29, 1.82) is 0 Å². The van der Waals surface area contributed by atoms with Crippen LogP contribution in [0.15, 0.2) is 0 Å². The molecule has 40 atom stereocenters. The fourth-order valence-electron chi connectivity index (χ4n) is 11.9. The van der Waals surface area contributed by atoms with Crippen molar-refractivity contribution in [2.24, 2.45) is 5.92 Å². The molecule has 0 aromatic heterocycles.